The molecule has 2 aromatic rings. The van der Waals surface area contributed by atoms with Crippen molar-refractivity contribution in [3.05, 3.63) is 31.3 Å². The fourth-order valence-electron chi connectivity index (χ4n) is 2.31. The first-order chi connectivity index (χ1) is 10.6. The lowest BCUT2D eigenvalue weighted by molar-refractivity contribution is 0.186. The SMILES string of the molecule is [2H]C([2H])(O)c1sc2c(c1C)c(=O)n(C(C)C)c(=O)n2CCOC. The summed E-state index contributed by atoms with van der Waals surface area (Å²) in [7, 11) is 1.51. The zero-order chi connectivity index (χ0) is 17.5. The van der Waals surface area contributed by atoms with Crippen molar-refractivity contribution in [2.45, 2.75) is 39.9 Å². The summed E-state index contributed by atoms with van der Waals surface area (Å²) in [5.41, 5.74) is -0.554. The third kappa shape index (κ3) is 2.56. The number of fused-ring (bicyclic) bond motifs is 1. The predicted octanol–water partition coefficient (Wildman–Crippen LogP) is 1.25. The van der Waals surface area contributed by atoms with Gasteiger partial charge < -0.3 is 9.84 Å². The minimum atomic E-state index is -2.56. The summed E-state index contributed by atoms with van der Waals surface area (Å²) >= 11 is 0.926. The van der Waals surface area contributed by atoms with Crippen LogP contribution in [0, 0.1) is 6.92 Å². The summed E-state index contributed by atoms with van der Waals surface area (Å²) in [5, 5.41) is 9.97. The normalized spacial score (nSPS) is 13.8. The third-order valence-electron chi connectivity index (χ3n) is 3.38. The zero-order valence-electron chi connectivity index (χ0n) is 14.5. The Hall–Kier alpha value is -1.44. The molecular formula is C14H20N2O4S. The Bertz CT molecular complexity index is 846. The van der Waals surface area contributed by atoms with E-state index in [4.69, 9.17) is 7.48 Å². The van der Waals surface area contributed by atoms with Crippen LogP contribution in [0.3, 0.4) is 0 Å². The van der Waals surface area contributed by atoms with Crippen LogP contribution in [-0.2, 0) is 17.8 Å². The van der Waals surface area contributed by atoms with E-state index in [1.165, 1.54) is 11.7 Å². The van der Waals surface area contributed by atoms with Gasteiger partial charge in [-0.15, -0.1) is 11.3 Å². The number of aliphatic hydroxyl groups is 1. The molecule has 0 aliphatic heterocycles. The van der Waals surface area contributed by atoms with Crippen LogP contribution in [0.2, 0.25) is 0 Å². The van der Waals surface area contributed by atoms with Crippen molar-refractivity contribution < 1.29 is 12.6 Å². The molecule has 2 heterocycles. The van der Waals surface area contributed by atoms with E-state index in [1.54, 1.807) is 20.8 Å². The van der Waals surface area contributed by atoms with Crippen LogP contribution in [-0.4, -0.2) is 28.0 Å². The van der Waals surface area contributed by atoms with Crippen LogP contribution in [0.25, 0.3) is 10.2 Å². The molecule has 21 heavy (non-hydrogen) atoms. The number of hydrogen-bond acceptors (Lipinski definition) is 5. The van der Waals surface area contributed by atoms with Crippen molar-refractivity contribution >= 4 is 21.6 Å². The van der Waals surface area contributed by atoms with Gasteiger partial charge in [0.15, 0.2) is 0 Å². The highest BCUT2D eigenvalue weighted by Gasteiger charge is 2.20. The summed E-state index contributed by atoms with van der Waals surface area (Å²) in [6.45, 7) is 3.02. The Morgan fingerprint density at radius 3 is 2.62 bits per heavy atom. The molecule has 116 valence electrons. The molecule has 0 unspecified atom stereocenters. The second-order valence-corrected chi connectivity index (χ2v) is 6.04. The van der Waals surface area contributed by atoms with Crippen LogP contribution in [0.15, 0.2) is 9.59 Å². The lowest BCUT2D eigenvalue weighted by atomic mass is 10.2. The van der Waals surface area contributed by atoms with E-state index in [0.717, 1.165) is 15.9 Å². The average Bonchev–Trinajstić information content (AvgIpc) is 2.76. The third-order valence-corrected chi connectivity index (χ3v) is 4.60. The van der Waals surface area contributed by atoms with Crippen LogP contribution in [0.1, 0.15) is 33.1 Å². The summed E-state index contributed by atoms with van der Waals surface area (Å²) in [4.78, 5) is 25.7. The van der Waals surface area contributed by atoms with Crippen LogP contribution >= 0.6 is 11.3 Å². The first-order valence-electron chi connectivity index (χ1n) is 7.61. The number of thiophene rings is 1. The lowest BCUT2D eigenvalue weighted by Crippen LogP contribution is -2.41. The Morgan fingerprint density at radius 2 is 2.10 bits per heavy atom. The molecule has 0 fully saturated rings. The molecule has 0 aromatic carbocycles. The number of ether oxygens (including phenoxy) is 1. The van der Waals surface area contributed by atoms with Gasteiger partial charge in [0.2, 0.25) is 0 Å². The molecule has 0 amide bonds. The summed E-state index contributed by atoms with van der Waals surface area (Å²) in [6, 6.07) is -0.332. The molecule has 2 aromatic heterocycles. The fourth-order valence-corrected chi connectivity index (χ4v) is 3.42. The van der Waals surface area contributed by atoms with Gasteiger partial charge in [0.1, 0.15) is 4.83 Å². The molecule has 0 spiro atoms. The average molecular weight is 314 g/mol. The van der Waals surface area contributed by atoms with Gasteiger partial charge in [0.25, 0.3) is 5.56 Å². The minimum Gasteiger partial charge on any atom is -0.391 e. The molecule has 1 N–H and O–H groups in total. The number of methoxy groups -OCH3 is 1. The number of rotatable bonds is 5. The van der Waals surface area contributed by atoms with Crippen molar-refractivity contribution in [3.63, 3.8) is 0 Å². The monoisotopic (exact) mass is 314 g/mol. The molecule has 0 aliphatic carbocycles. The molecule has 0 saturated heterocycles. The smallest absolute Gasteiger partial charge is 0.332 e. The minimum absolute atomic E-state index is 0.0386. The predicted molar refractivity (Wildman–Crippen MR) is 83.3 cm³/mol. The standard InChI is InChI=1S/C14H20N2O4S/c1-8(2)16-12(18)11-9(3)10(7-17)21-13(11)15(14(16)19)5-6-20-4/h8,17H,5-7H2,1-4H3/i7D2. The van der Waals surface area contributed by atoms with E-state index in [0.29, 0.717) is 10.4 Å². The quantitative estimate of drug-likeness (QED) is 0.901. The summed E-state index contributed by atoms with van der Waals surface area (Å²) < 4.78 is 22.6. The van der Waals surface area contributed by atoms with E-state index in [1.807, 2.05) is 0 Å². The number of aromatic nitrogens is 2. The molecule has 0 radical (unpaired) electrons. The van der Waals surface area contributed by atoms with E-state index >= 15 is 0 Å². The Balaban J connectivity index is 2.97. The van der Waals surface area contributed by atoms with Gasteiger partial charge in [-0.25, -0.2) is 4.79 Å². The molecule has 2 rings (SSSR count). The van der Waals surface area contributed by atoms with E-state index in [-0.39, 0.29) is 29.5 Å². The van der Waals surface area contributed by atoms with Crippen molar-refractivity contribution in [2.75, 3.05) is 13.7 Å². The topological polar surface area (TPSA) is 73.5 Å². The first kappa shape index (κ1) is 13.2. The van der Waals surface area contributed by atoms with Gasteiger partial charge >= 0.3 is 5.69 Å². The van der Waals surface area contributed by atoms with Crippen molar-refractivity contribution in [1.29, 1.82) is 0 Å². The van der Waals surface area contributed by atoms with Gasteiger partial charge in [0.05, 0.1) is 27.8 Å². The maximum Gasteiger partial charge on any atom is 0.332 e. The highest BCUT2D eigenvalue weighted by atomic mass is 32.1. The summed E-state index contributed by atoms with van der Waals surface area (Å²) in [6.07, 6.45) is 0. The van der Waals surface area contributed by atoms with Crippen molar-refractivity contribution in [2.24, 2.45) is 0 Å². The lowest BCUT2D eigenvalue weighted by Gasteiger charge is -2.14. The first-order valence-corrected chi connectivity index (χ1v) is 7.43. The fraction of sp³-hybridized carbons (Fsp3) is 0.571. The van der Waals surface area contributed by atoms with Crippen LogP contribution < -0.4 is 11.2 Å². The second kappa shape index (κ2) is 6.13. The van der Waals surface area contributed by atoms with Crippen molar-refractivity contribution in [1.82, 2.24) is 9.13 Å². The van der Waals surface area contributed by atoms with Crippen molar-refractivity contribution in [3.8, 4) is 0 Å². The maximum atomic E-state index is 12.7. The molecule has 0 bridgehead atoms. The van der Waals surface area contributed by atoms with E-state index in [2.05, 4.69) is 0 Å². The van der Waals surface area contributed by atoms with E-state index < -0.39 is 17.8 Å². The maximum absolute atomic E-state index is 12.7. The van der Waals surface area contributed by atoms with Crippen LogP contribution in [0.5, 0.6) is 0 Å². The van der Waals surface area contributed by atoms with Gasteiger partial charge in [-0.2, -0.15) is 0 Å². The van der Waals surface area contributed by atoms with Gasteiger partial charge in [-0.1, -0.05) is 0 Å². The zero-order valence-corrected chi connectivity index (χ0v) is 13.3. The molecule has 0 saturated carbocycles. The highest BCUT2D eigenvalue weighted by Crippen LogP contribution is 2.27. The van der Waals surface area contributed by atoms with Crippen LogP contribution in [0.4, 0.5) is 0 Å². The Morgan fingerprint density at radius 1 is 1.43 bits per heavy atom. The number of aryl methyl sites for hydroxylation is 1. The highest BCUT2D eigenvalue weighted by molar-refractivity contribution is 7.18. The Kier molecular flexibility index (Phi) is 3.86. The molecule has 0 atom stereocenters. The molecule has 6 nitrogen and oxygen atoms in total. The van der Waals surface area contributed by atoms with Gasteiger partial charge in [0, 0.05) is 18.0 Å². The van der Waals surface area contributed by atoms with Gasteiger partial charge in [-0.05, 0) is 26.3 Å². The second-order valence-electron chi connectivity index (χ2n) is 5.04. The van der Waals surface area contributed by atoms with Gasteiger partial charge in [-0.3, -0.25) is 13.9 Å². The number of hydrogen-bond donors (Lipinski definition) is 1. The summed E-state index contributed by atoms with van der Waals surface area (Å²) in [5.74, 6) is 0. The molecule has 7 heteroatoms. The largest absolute Gasteiger partial charge is 0.391 e. The van der Waals surface area contributed by atoms with E-state index in [9.17, 15) is 14.7 Å². The molecular weight excluding hydrogens is 292 g/mol. The Labute approximate surface area is 129 Å². The number of nitrogens with zero attached hydrogens (tertiary/aromatic N) is 2. The molecule has 0 aliphatic rings.